The third-order valence-corrected chi connectivity index (χ3v) is 3.71. The highest BCUT2D eigenvalue weighted by Gasteiger charge is 2.57. The van der Waals surface area contributed by atoms with Crippen LogP contribution < -0.4 is 4.74 Å². The van der Waals surface area contributed by atoms with Crippen molar-refractivity contribution in [3.8, 4) is 5.75 Å². The number of ether oxygens (including phenoxy) is 1. The molecule has 0 bridgehead atoms. The zero-order valence-corrected chi connectivity index (χ0v) is 11.3. The van der Waals surface area contributed by atoms with Gasteiger partial charge in [-0.1, -0.05) is 26.0 Å². The quantitative estimate of drug-likeness (QED) is 0.474. The van der Waals surface area contributed by atoms with E-state index in [0.717, 1.165) is 0 Å². The standard InChI is InChI=1S/C13H14Cl2O2/c1-8(2)9-3-5-10(6-4-9)17-12(16)11-7-13(11,14)15/h3-6,8,11H,7H2,1-2H3. The zero-order chi connectivity index (χ0) is 12.6. The molecule has 0 spiro atoms. The molecule has 1 unspecified atom stereocenters. The molecule has 2 nitrogen and oxygen atoms in total. The lowest BCUT2D eigenvalue weighted by Crippen LogP contribution is -2.13. The van der Waals surface area contributed by atoms with Gasteiger partial charge in [0, 0.05) is 0 Å². The molecule has 0 radical (unpaired) electrons. The molecule has 0 saturated heterocycles. The Balaban J connectivity index is 1.98. The van der Waals surface area contributed by atoms with Crippen LogP contribution in [-0.2, 0) is 4.79 Å². The minimum atomic E-state index is -0.922. The second-order valence-electron chi connectivity index (χ2n) is 4.66. The first-order valence-electron chi connectivity index (χ1n) is 5.59. The molecule has 4 heteroatoms. The van der Waals surface area contributed by atoms with Gasteiger partial charge in [0.1, 0.15) is 10.1 Å². The van der Waals surface area contributed by atoms with Gasteiger partial charge in [0.05, 0.1) is 5.92 Å². The molecular formula is C13H14Cl2O2. The van der Waals surface area contributed by atoms with Crippen LogP contribution in [0.15, 0.2) is 24.3 Å². The number of carbonyl (C=O) groups is 1. The lowest BCUT2D eigenvalue weighted by molar-refractivity contribution is -0.135. The summed E-state index contributed by atoms with van der Waals surface area (Å²) in [6, 6.07) is 7.49. The average Bonchev–Trinajstić information content (AvgIpc) is 2.89. The molecular weight excluding hydrogens is 259 g/mol. The van der Waals surface area contributed by atoms with Gasteiger partial charge in [0.25, 0.3) is 0 Å². The maximum Gasteiger partial charge on any atom is 0.317 e. The summed E-state index contributed by atoms with van der Waals surface area (Å²) in [6.45, 7) is 4.22. The highest BCUT2D eigenvalue weighted by atomic mass is 35.5. The first-order valence-corrected chi connectivity index (χ1v) is 6.35. The average molecular weight is 273 g/mol. The molecule has 1 aromatic carbocycles. The van der Waals surface area contributed by atoms with Crippen LogP contribution in [0.25, 0.3) is 0 Å². The smallest absolute Gasteiger partial charge is 0.317 e. The van der Waals surface area contributed by atoms with Crippen molar-refractivity contribution in [3.05, 3.63) is 29.8 Å². The molecule has 0 heterocycles. The van der Waals surface area contributed by atoms with Crippen LogP contribution in [0.3, 0.4) is 0 Å². The predicted molar refractivity (Wildman–Crippen MR) is 68.7 cm³/mol. The summed E-state index contributed by atoms with van der Waals surface area (Å²) in [5.74, 6) is 0.250. The number of carbonyl (C=O) groups excluding carboxylic acids is 1. The Kier molecular flexibility index (Phi) is 3.37. The van der Waals surface area contributed by atoms with Crippen LogP contribution in [0.2, 0.25) is 0 Å². The highest BCUT2D eigenvalue weighted by molar-refractivity contribution is 6.52. The molecule has 1 fully saturated rings. The molecule has 0 aromatic heterocycles. The summed E-state index contributed by atoms with van der Waals surface area (Å²) in [4.78, 5) is 11.6. The van der Waals surface area contributed by atoms with Crippen LogP contribution in [-0.4, -0.2) is 10.3 Å². The van der Waals surface area contributed by atoms with Crippen LogP contribution >= 0.6 is 23.2 Å². The predicted octanol–water partition coefficient (Wildman–Crippen LogP) is 3.91. The first-order chi connectivity index (χ1) is 7.90. The number of alkyl halides is 2. The number of hydrogen-bond acceptors (Lipinski definition) is 2. The van der Waals surface area contributed by atoms with E-state index < -0.39 is 10.3 Å². The number of halogens is 2. The maximum atomic E-state index is 11.6. The Hall–Kier alpha value is -0.730. The lowest BCUT2D eigenvalue weighted by atomic mass is 10.0. The third kappa shape index (κ3) is 2.93. The van der Waals surface area contributed by atoms with Crippen molar-refractivity contribution in [1.82, 2.24) is 0 Å². The van der Waals surface area contributed by atoms with E-state index in [9.17, 15) is 4.79 Å². The van der Waals surface area contributed by atoms with Gasteiger partial charge >= 0.3 is 5.97 Å². The molecule has 0 amide bonds. The van der Waals surface area contributed by atoms with Crippen LogP contribution in [0.4, 0.5) is 0 Å². The van der Waals surface area contributed by atoms with Gasteiger partial charge in [-0.15, -0.1) is 23.2 Å². The molecule has 1 aliphatic rings. The number of esters is 1. The number of hydrogen-bond donors (Lipinski definition) is 0. The fraction of sp³-hybridized carbons (Fsp3) is 0.462. The summed E-state index contributed by atoms with van der Waals surface area (Å²) in [5.41, 5.74) is 1.21. The molecule has 17 heavy (non-hydrogen) atoms. The third-order valence-electron chi connectivity index (χ3n) is 2.88. The monoisotopic (exact) mass is 272 g/mol. The maximum absolute atomic E-state index is 11.6. The highest BCUT2D eigenvalue weighted by Crippen LogP contribution is 2.53. The summed E-state index contributed by atoms with van der Waals surface area (Å²) in [7, 11) is 0. The minimum Gasteiger partial charge on any atom is -0.426 e. The van der Waals surface area contributed by atoms with Crippen LogP contribution in [0, 0.1) is 5.92 Å². The molecule has 92 valence electrons. The fourth-order valence-corrected chi connectivity index (χ4v) is 2.06. The lowest BCUT2D eigenvalue weighted by Gasteiger charge is -2.07. The molecule has 0 N–H and O–H groups in total. The molecule has 1 saturated carbocycles. The second-order valence-corrected chi connectivity index (χ2v) is 6.20. The van der Waals surface area contributed by atoms with E-state index in [-0.39, 0.29) is 5.97 Å². The largest absolute Gasteiger partial charge is 0.426 e. The second kappa shape index (κ2) is 4.51. The fourth-order valence-electron chi connectivity index (χ4n) is 1.58. The Morgan fingerprint density at radius 3 is 2.29 bits per heavy atom. The van der Waals surface area contributed by atoms with Crippen LogP contribution in [0.5, 0.6) is 5.75 Å². The molecule has 1 aliphatic carbocycles. The van der Waals surface area contributed by atoms with Gasteiger partial charge in [0.15, 0.2) is 0 Å². The molecule has 1 aromatic rings. The van der Waals surface area contributed by atoms with E-state index >= 15 is 0 Å². The van der Waals surface area contributed by atoms with Crippen molar-refractivity contribution in [1.29, 1.82) is 0 Å². The zero-order valence-electron chi connectivity index (χ0n) is 9.74. The van der Waals surface area contributed by atoms with E-state index in [1.165, 1.54) is 5.56 Å². The van der Waals surface area contributed by atoms with E-state index in [1.54, 1.807) is 12.1 Å². The van der Waals surface area contributed by atoms with E-state index in [0.29, 0.717) is 18.1 Å². The van der Waals surface area contributed by atoms with E-state index in [1.807, 2.05) is 12.1 Å². The topological polar surface area (TPSA) is 26.3 Å². The number of rotatable bonds is 3. The SMILES string of the molecule is CC(C)c1ccc(OC(=O)C2CC2(Cl)Cl)cc1. The Morgan fingerprint density at radius 1 is 1.35 bits per heavy atom. The van der Waals surface area contributed by atoms with Gasteiger partial charge in [-0.2, -0.15) is 0 Å². The van der Waals surface area contributed by atoms with E-state index in [4.69, 9.17) is 27.9 Å². The van der Waals surface area contributed by atoms with Gasteiger partial charge in [-0.05, 0) is 30.0 Å². The van der Waals surface area contributed by atoms with Gasteiger partial charge in [-0.3, -0.25) is 4.79 Å². The van der Waals surface area contributed by atoms with Crippen molar-refractivity contribution in [2.24, 2.45) is 5.92 Å². The number of benzene rings is 1. The van der Waals surface area contributed by atoms with Gasteiger partial charge < -0.3 is 4.74 Å². The Morgan fingerprint density at radius 2 is 1.88 bits per heavy atom. The first kappa shape index (κ1) is 12.7. The normalized spacial score (nSPS) is 21.4. The van der Waals surface area contributed by atoms with Crippen molar-refractivity contribution in [2.45, 2.75) is 30.5 Å². The summed E-state index contributed by atoms with van der Waals surface area (Å²) >= 11 is 11.6. The van der Waals surface area contributed by atoms with Gasteiger partial charge in [0.2, 0.25) is 0 Å². The van der Waals surface area contributed by atoms with Crippen molar-refractivity contribution >= 4 is 29.2 Å². The summed E-state index contributed by atoms with van der Waals surface area (Å²) in [6.07, 6.45) is 0.471. The van der Waals surface area contributed by atoms with Gasteiger partial charge in [-0.25, -0.2) is 0 Å². The Bertz CT molecular complexity index is 424. The van der Waals surface area contributed by atoms with Crippen molar-refractivity contribution in [2.75, 3.05) is 0 Å². The van der Waals surface area contributed by atoms with Crippen molar-refractivity contribution in [3.63, 3.8) is 0 Å². The summed E-state index contributed by atoms with van der Waals surface area (Å²) < 4.78 is 4.28. The molecule has 0 aliphatic heterocycles. The Labute approximate surface area is 111 Å². The van der Waals surface area contributed by atoms with Crippen molar-refractivity contribution < 1.29 is 9.53 Å². The molecule has 2 rings (SSSR count). The van der Waals surface area contributed by atoms with Crippen LogP contribution in [0.1, 0.15) is 31.7 Å². The molecule has 1 atom stereocenters. The summed E-state index contributed by atoms with van der Waals surface area (Å²) in [5, 5.41) is 0. The minimum absolute atomic E-state index is 0.354. The van der Waals surface area contributed by atoms with E-state index in [2.05, 4.69) is 13.8 Å².